The summed E-state index contributed by atoms with van der Waals surface area (Å²) in [5, 5.41) is 0. The minimum atomic E-state index is -1.11. The molecule has 0 aromatic heterocycles. The van der Waals surface area contributed by atoms with Gasteiger partial charge in [0.05, 0.1) is 0 Å². The van der Waals surface area contributed by atoms with E-state index < -0.39 is 22.9 Å². The molecule has 11 heavy (non-hydrogen) atoms. The zero-order valence-electron chi connectivity index (χ0n) is 6.46. The summed E-state index contributed by atoms with van der Waals surface area (Å²) in [4.78, 5) is 10.9. The maximum absolute atomic E-state index is 10.9. The Morgan fingerprint density at radius 1 is 1.45 bits per heavy atom. The van der Waals surface area contributed by atoms with Gasteiger partial charge in [-0.1, -0.05) is 0 Å². The van der Waals surface area contributed by atoms with Crippen molar-refractivity contribution in [3.05, 3.63) is 19.0 Å². The quantitative estimate of drug-likeness (QED) is 0.663. The van der Waals surface area contributed by atoms with Crippen LogP contribution in [0.25, 0.3) is 0 Å². The molecule has 0 saturated carbocycles. The summed E-state index contributed by atoms with van der Waals surface area (Å²) < 4.78 is 11.4. The van der Waals surface area contributed by atoms with Gasteiger partial charge < -0.3 is 0 Å². The van der Waals surface area contributed by atoms with Crippen molar-refractivity contribution in [2.45, 2.75) is 0 Å². The van der Waals surface area contributed by atoms with Gasteiger partial charge in [-0.15, -0.1) is 0 Å². The Morgan fingerprint density at radius 3 is 2.64 bits per heavy atom. The molecule has 0 spiro atoms. The third kappa shape index (κ3) is 2.02. The van der Waals surface area contributed by atoms with E-state index in [-0.39, 0.29) is 5.97 Å². The number of allylic oxidation sites excluding steroid dienone is 2. The summed E-state index contributed by atoms with van der Waals surface area (Å²) in [6, 6.07) is 0. The average Bonchev–Trinajstić information content (AvgIpc) is 2.50. The van der Waals surface area contributed by atoms with E-state index in [1.54, 1.807) is 13.2 Å². The summed E-state index contributed by atoms with van der Waals surface area (Å²) in [6.07, 6.45) is 3.65. The van der Waals surface area contributed by atoms with E-state index in [2.05, 4.69) is 4.74 Å². The third-order valence-corrected chi connectivity index (χ3v) is 5.53. The standard InChI is InChI=1S/C7H8O3.In/c1-9-6-4-3-5-7(8)10-2;/h3-4H,1-2H3;. The van der Waals surface area contributed by atoms with E-state index in [1.807, 2.05) is 6.08 Å². The number of esters is 1. The number of carbonyl (C=O) groups is 1. The van der Waals surface area contributed by atoms with Crippen molar-refractivity contribution in [3.8, 4) is 0 Å². The second-order valence-electron chi connectivity index (χ2n) is 2.03. The van der Waals surface area contributed by atoms with Gasteiger partial charge >= 0.3 is 76.4 Å². The molecule has 0 aromatic rings. The first-order valence-corrected chi connectivity index (χ1v) is 6.46. The van der Waals surface area contributed by atoms with E-state index in [0.29, 0.717) is 0 Å². The van der Waals surface area contributed by atoms with Crippen LogP contribution in [0.1, 0.15) is 0 Å². The number of hydrogen-bond acceptors (Lipinski definition) is 3. The number of carbonyl (C=O) groups excluding carboxylic acids is 1. The van der Waals surface area contributed by atoms with Gasteiger partial charge in [0.2, 0.25) is 0 Å². The van der Waals surface area contributed by atoms with Crippen LogP contribution in [0.15, 0.2) is 19.0 Å². The SMILES string of the molecule is COC(=O)[C]1=CC=[C](OC)[In]1. The fourth-order valence-corrected chi connectivity index (χ4v) is 3.78. The summed E-state index contributed by atoms with van der Waals surface area (Å²) in [5.41, 5.74) is 0. The molecular weight excluding hydrogens is 247 g/mol. The first-order valence-electron chi connectivity index (χ1n) is 3.17. The van der Waals surface area contributed by atoms with E-state index >= 15 is 0 Å². The van der Waals surface area contributed by atoms with Crippen molar-refractivity contribution >= 4 is 28.9 Å². The van der Waals surface area contributed by atoms with Crippen molar-refractivity contribution in [1.29, 1.82) is 0 Å². The van der Waals surface area contributed by atoms with E-state index in [0.717, 1.165) is 6.85 Å². The molecule has 0 N–H and O–H groups in total. The number of rotatable bonds is 2. The monoisotopic (exact) mass is 255 g/mol. The molecule has 0 unspecified atom stereocenters. The second kappa shape index (κ2) is 3.85. The topological polar surface area (TPSA) is 35.5 Å². The molecule has 1 rings (SSSR count). The molecule has 1 radical (unpaired) electrons. The Morgan fingerprint density at radius 2 is 2.18 bits per heavy atom. The molecule has 57 valence electrons. The van der Waals surface area contributed by atoms with Crippen LogP contribution in [0.3, 0.4) is 0 Å². The van der Waals surface area contributed by atoms with Gasteiger partial charge in [-0.25, -0.2) is 0 Å². The van der Waals surface area contributed by atoms with Crippen LogP contribution in [-0.4, -0.2) is 43.1 Å². The predicted octanol–water partition coefficient (Wildman–Crippen LogP) is 0.249. The van der Waals surface area contributed by atoms with Crippen LogP contribution >= 0.6 is 0 Å². The fourth-order valence-electron chi connectivity index (χ4n) is 0.793. The fraction of sp³-hybridized carbons (Fsp3) is 0.286. The molecule has 3 nitrogen and oxygen atoms in total. The molecule has 1 aliphatic rings. The summed E-state index contributed by atoms with van der Waals surface area (Å²) in [7, 11) is 3.03. The van der Waals surface area contributed by atoms with Crippen molar-refractivity contribution in [1.82, 2.24) is 0 Å². The Kier molecular flexibility index (Phi) is 3.05. The first kappa shape index (κ1) is 8.71. The van der Waals surface area contributed by atoms with E-state index in [4.69, 9.17) is 4.74 Å². The number of methoxy groups -OCH3 is 2. The molecule has 0 bridgehead atoms. The van der Waals surface area contributed by atoms with Gasteiger partial charge in [0.1, 0.15) is 0 Å². The molecule has 0 fully saturated rings. The molecular formula is C7H8InO3. The maximum atomic E-state index is 10.9. The average molecular weight is 255 g/mol. The zero-order chi connectivity index (χ0) is 8.27. The number of ether oxygens (including phenoxy) is 2. The Hall–Kier alpha value is -0.380. The third-order valence-electron chi connectivity index (χ3n) is 1.38. The van der Waals surface area contributed by atoms with Crippen LogP contribution in [0.5, 0.6) is 0 Å². The molecule has 0 aromatic carbocycles. The molecule has 1 aliphatic heterocycles. The normalized spacial score (nSPS) is 14.7. The molecule has 1 heterocycles. The van der Waals surface area contributed by atoms with Crippen LogP contribution in [0.4, 0.5) is 0 Å². The van der Waals surface area contributed by atoms with Gasteiger partial charge in [-0.2, -0.15) is 0 Å². The molecule has 0 saturated heterocycles. The molecule has 4 heteroatoms. The van der Waals surface area contributed by atoms with Crippen molar-refractivity contribution in [3.63, 3.8) is 0 Å². The van der Waals surface area contributed by atoms with Gasteiger partial charge in [0.15, 0.2) is 0 Å². The minimum absolute atomic E-state index is 0.200. The van der Waals surface area contributed by atoms with E-state index in [9.17, 15) is 4.79 Å². The summed E-state index contributed by atoms with van der Waals surface area (Å²) in [5.74, 6) is -0.200. The molecule has 0 amide bonds. The summed E-state index contributed by atoms with van der Waals surface area (Å²) in [6.45, 7) is 0. The molecule has 0 aliphatic carbocycles. The van der Waals surface area contributed by atoms with Crippen molar-refractivity contribution in [2.24, 2.45) is 0 Å². The van der Waals surface area contributed by atoms with Gasteiger partial charge in [-0.3, -0.25) is 0 Å². The number of hydrogen-bond donors (Lipinski definition) is 0. The van der Waals surface area contributed by atoms with E-state index in [1.165, 1.54) is 7.11 Å². The van der Waals surface area contributed by atoms with Gasteiger partial charge in [-0.05, 0) is 0 Å². The first-order chi connectivity index (χ1) is 5.27. The van der Waals surface area contributed by atoms with Crippen molar-refractivity contribution in [2.75, 3.05) is 14.2 Å². The summed E-state index contributed by atoms with van der Waals surface area (Å²) >= 11 is -1.11. The predicted molar refractivity (Wildman–Crippen MR) is 40.9 cm³/mol. The van der Waals surface area contributed by atoms with Crippen LogP contribution < -0.4 is 0 Å². The Balaban J connectivity index is 2.52. The van der Waals surface area contributed by atoms with Gasteiger partial charge in [0.25, 0.3) is 0 Å². The van der Waals surface area contributed by atoms with Crippen molar-refractivity contribution < 1.29 is 14.3 Å². The van der Waals surface area contributed by atoms with Crippen LogP contribution in [0.2, 0.25) is 0 Å². The second-order valence-corrected chi connectivity index (χ2v) is 6.25. The molecule has 0 atom stereocenters. The Bertz CT molecular complexity index is 230. The van der Waals surface area contributed by atoms with Crippen LogP contribution in [-0.2, 0) is 14.3 Å². The zero-order valence-corrected chi connectivity index (χ0v) is 9.75. The van der Waals surface area contributed by atoms with Gasteiger partial charge in [0, 0.05) is 0 Å². The van der Waals surface area contributed by atoms with Crippen LogP contribution in [0, 0.1) is 0 Å². The Labute approximate surface area is 76.4 Å².